The van der Waals surface area contributed by atoms with Crippen molar-refractivity contribution >= 4 is 38.5 Å². The van der Waals surface area contributed by atoms with Crippen molar-refractivity contribution in [2.45, 2.75) is 19.4 Å². The summed E-state index contributed by atoms with van der Waals surface area (Å²) < 4.78 is 15.3. The van der Waals surface area contributed by atoms with E-state index in [9.17, 15) is 4.39 Å². The van der Waals surface area contributed by atoms with Gasteiger partial charge in [-0.15, -0.1) is 0 Å². The van der Waals surface area contributed by atoms with Crippen LogP contribution in [0.3, 0.4) is 0 Å². The van der Waals surface area contributed by atoms with E-state index in [0.717, 1.165) is 26.6 Å². The first-order valence-corrected chi connectivity index (χ1v) is 8.42. The van der Waals surface area contributed by atoms with Crippen LogP contribution in [0.2, 0.25) is 0 Å². The lowest BCUT2D eigenvalue weighted by Gasteiger charge is -2.21. The highest BCUT2D eigenvalue weighted by molar-refractivity contribution is 14.1. The molecule has 2 aromatic rings. The van der Waals surface area contributed by atoms with Gasteiger partial charge in [-0.05, 0) is 70.9 Å². The lowest BCUT2D eigenvalue weighted by atomic mass is 9.98. The summed E-state index contributed by atoms with van der Waals surface area (Å²) in [6.07, 6.45) is 1.06. The van der Waals surface area contributed by atoms with Gasteiger partial charge in [0, 0.05) is 8.04 Å². The molecular weight excluding hydrogens is 432 g/mol. The van der Waals surface area contributed by atoms with Crippen LogP contribution in [-0.4, -0.2) is 6.54 Å². The van der Waals surface area contributed by atoms with Crippen molar-refractivity contribution in [3.63, 3.8) is 0 Å². The fraction of sp³-hybridized carbons (Fsp3) is 0.250. The summed E-state index contributed by atoms with van der Waals surface area (Å²) in [6.45, 7) is 3.06. The van der Waals surface area contributed by atoms with Crippen LogP contribution in [0.1, 0.15) is 30.5 Å². The summed E-state index contributed by atoms with van der Waals surface area (Å²) in [5.41, 5.74) is 2.30. The summed E-state index contributed by atoms with van der Waals surface area (Å²) in [6, 6.07) is 13.3. The summed E-state index contributed by atoms with van der Waals surface area (Å²) in [5.74, 6) is -0.191. The predicted molar refractivity (Wildman–Crippen MR) is 93.4 cm³/mol. The zero-order valence-corrected chi connectivity index (χ0v) is 14.9. The molecule has 106 valence electrons. The molecule has 2 rings (SSSR count). The normalized spacial score (nSPS) is 12.4. The van der Waals surface area contributed by atoms with Gasteiger partial charge in [-0.3, -0.25) is 0 Å². The third kappa shape index (κ3) is 4.02. The topological polar surface area (TPSA) is 12.0 Å². The molecule has 1 N–H and O–H groups in total. The zero-order valence-electron chi connectivity index (χ0n) is 11.2. The molecule has 0 aromatic heterocycles. The number of rotatable bonds is 5. The Morgan fingerprint density at radius 3 is 2.50 bits per heavy atom. The predicted octanol–water partition coefficient (Wildman–Crippen LogP) is 5.28. The SMILES string of the molecule is CCCNC(c1ccc(Br)cc1)c1ccc(F)cc1I. The van der Waals surface area contributed by atoms with Gasteiger partial charge in [0.2, 0.25) is 0 Å². The number of nitrogens with one attached hydrogen (secondary N) is 1. The molecule has 2 aromatic carbocycles. The maximum Gasteiger partial charge on any atom is 0.124 e. The second-order valence-electron chi connectivity index (χ2n) is 4.60. The fourth-order valence-electron chi connectivity index (χ4n) is 2.09. The van der Waals surface area contributed by atoms with Crippen molar-refractivity contribution in [2.24, 2.45) is 0 Å². The number of benzene rings is 2. The third-order valence-corrected chi connectivity index (χ3v) is 4.54. The highest BCUT2D eigenvalue weighted by atomic mass is 127. The van der Waals surface area contributed by atoms with Crippen LogP contribution in [0.15, 0.2) is 46.9 Å². The average molecular weight is 448 g/mol. The quantitative estimate of drug-likeness (QED) is 0.614. The van der Waals surface area contributed by atoms with Crippen LogP contribution >= 0.6 is 38.5 Å². The van der Waals surface area contributed by atoms with Gasteiger partial charge in [0.05, 0.1) is 6.04 Å². The van der Waals surface area contributed by atoms with Crippen molar-refractivity contribution in [1.29, 1.82) is 0 Å². The van der Waals surface area contributed by atoms with E-state index in [4.69, 9.17) is 0 Å². The number of hydrogen-bond acceptors (Lipinski definition) is 1. The van der Waals surface area contributed by atoms with Crippen LogP contribution in [0.25, 0.3) is 0 Å². The molecule has 20 heavy (non-hydrogen) atoms. The molecule has 0 heterocycles. The van der Waals surface area contributed by atoms with E-state index >= 15 is 0 Å². The second kappa shape index (κ2) is 7.52. The lowest BCUT2D eigenvalue weighted by molar-refractivity contribution is 0.590. The smallest absolute Gasteiger partial charge is 0.124 e. The summed E-state index contributed by atoms with van der Waals surface area (Å²) >= 11 is 5.65. The maximum absolute atomic E-state index is 13.3. The van der Waals surface area contributed by atoms with Crippen LogP contribution < -0.4 is 5.32 Å². The van der Waals surface area contributed by atoms with Gasteiger partial charge in [0.25, 0.3) is 0 Å². The molecule has 4 heteroatoms. The molecule has 0 saturated carbocycles. The highest BCUT2D eigenvalue weighted by Gasteiger charge is 2.16. The Morgan fingerprint density at radius 2 is 1.90 bits per heavy atom. The van der Waals surface area contributed by atoms with E-state index in [1.54, 1.807) is 6.07 Å². The Bertz CT molecular complexity index is 571. The van der Waals surface area contributed by atoms with Gasteiger partial charge in [0.15, 0.2) is 0 Å². The monoisotopic (exact) mass is 447 g/mol. The summed E-state index contributed by atoms with van der Waals surface area (Å²) in [4.78, 5) is 0. The van der Waals surface area contributed by atoms with Crippen molar-refractivity contribution in [1.82, 2.24) is 5.32 Å². The van der Waals surface area contributed by atoms with Crippen LogP contribution in [0.4, 0.5) is 4.39 Å². The van der Waals surface area contributed by atoms with E-state index in [1.165, 1.54) is 11.6 Å². The Hall–Kier alpha value is -0.460. The van der Waals surface area contributed by atoms with Gasteiger partial charge < -0.3 is 5.32 Å². The Morgan fingerprint density at radius 1 is 1.20 bits per heavy atom. The standard InChI is InChI=1S/C16H16BrFIN/c1-2-9-20-16(11-3-5-12(17)6-4-11)14-8-7-13(18)10-15(14)19/h3-8,10,16,20H,2,9H2,1H3. The average Bonchev–Trinajstić information content (AvgIpc) is 2.42. The first kappa shape index (κ1) is 15.9. The summed E-state index contributed by atoms with van der Waals surface area (Å²) in [7, 11) is 0. The van der Waals surface area contributed by atoms with E-state index in [-0.39, 0.29) is 11.9 Å². The van der Waals surface area contributed by atoms with Gasteiger partial charge in [-0.2, -0.15) is 0 Å². The molecule has 1 atom stereocenters. The van der Waals surface area contributed by atoms with Crippen LogP contribution in [0, 0.1) is 9.39 Å². The third-order valence-electron chi connectivity index (χ3n) is 3.08. The van der Waals surface area contributed by atoms with Crippen LogP contribution in [-0.2, 0) is 0 Å². The molecule has 0 aliphatic rings. The molecule has 0 saturated heterocycles. The molecule has 0 amide bonds. The van der Waals surface area contributed by atoms with E-state index in [0.29, 0.717) is 0 Å². The molecule has 1 nitrogen and oxygen atoms in total. The zero-order chi connectivity index (χ0) is 14.5. The Labute approximate surface area is 141 Å². The van der Waals surface area contributed by atoms with Gasteiger partial charge in [-0.25, -0.2) is 4.39 Å². The molecule has 0 aliphatic heterocycles. The van der Waals surface area contributed by atoms with Crippen molar-refractivity contribution in [3.8, 4) is 0 Å². The van der Waals surface area contributed by atoms with Crippen molar-refractivity contribution < 1.29 is 4.39 Å². The maximum atomic E-state index is 13.3. The van der Waals surface area contributed by atoms with E-state index in [2.05, 4.69) is 62.9 Å². The summed E-state index contributed by atoms with van der Waals surface area (Å²) in [5, 5.41) is 3.54. The second-order valence-corrected chi connectivity index (χ2v) is 6.68. The first-order chi connectivity index (χ1) is 9.61. The van der Waals surface area contributed by atoms with Crippen molar-refractivity contribution in [3.05, 3.63) is 67.5 Å². The fourth-order valence-corrected chi connectivity index (χ4v) is 3.14. The number of hydrogen-bond donors (Lipinski definition) is 1. The molecule has 0 radical (unpaired) electrons. The largest absolute Gasteiger partial charge is 0.306 e. The van der Waals surface area contributed by atoms with Gasteiger partial charge >= 0.3 is 0 Å². The highest BCUT2D eigenvalue weighted by Crippen LogP contribution is 2.28. The minimum absolute atomic E-state index is 0.0931. The minimum atomic E-state index is -0.191. The Balaban J connectivity index is 2.38. The molecule has 1 unspecified atom stereocenters. The Kier molecular flexibility index (Phi) is 5.99. The van der Waals surface area contributed by atoms with Crippen molar-refractivity contribution in [2.75, 3.05) is 6.54 Å². The van der Waals surface area contributed by atoms with Gasteiger partial charge in [0.1, 0.15) is 5.82 Å². The molecule has 0 spiro atoms. The molecule has 0 bridgehead atoms. The first-order valence-electron chi connectivity index (χ1n) is 6.55. The van der Waals surface area contributed by atoms with E-state index < -0.39 is 0 Å². The molecule has 0 aliphatic carbocycles. The molecular formula is C16H16BrFIN. The lowest BCUT2D eigenvalue weighted by Crippen LogP contribution is -2.24. The molecule has 0 fully saturated rings. The minimum Gasteiger partial charge on any atom is -0.306 e. The van der Waals surface area contributed by atoms with E-state index in [1.807, 2.05) is 18.2 Å². The van der Waals surface area contributed by atoms with Crippen LogP contribution in [0.5, 0.6) is 0 Å². The van der Waals surface area contributed by atoms with Gasteiger partial charge in [-0.1, -0.05) is 41.1 Å². The number of halogens is 3.